The van der Waals surface area contributed by atoms with Gasteiger partial charge in [-0.25, -0.2) is 13.8 Å². The Morgan fingerprint density at radius 1 is 1.22 bits per heavy atom. The maximum absolute atomic E-state index is 13.5. The van der Waals surface area contributed by atoms with Crippen LogP contribution in [0.5, 0.6) is 0 Å². The van der Waals surface area contributed by atoms with Crippen molar-refractivity contribution >= 4 is 27.4 Å². The van der Waals surface area contributed by atoms with Crippen LogP contribution >= 0.6 is 15.9 Å². The fourth-order valence-electron chi connectivity index (χ4n) is 1.32. The summed E-state index contributed by atoms with van der Waals surface area (Å²) in [5, 5.41) is 11.3. The van der Waals surface area contributed by atoms with E-state index in [1.165, 1.54) is 18.3 Å². The highest BCUT2D eigenvalue weighted by Gasteiger charge is 2.09. The predicted octanol–water partition coefficient (Wildman–Crippen LogP) is 3.74. The Morgan fingerprint density at radius 3 is 2.72 bits per heavy atom. The molecule has 1 heterocycles. The third-order valence-electron chi connectivity index (χ3n) is 2.16. The molecule has 0 spiro atoms. The van der Waals surface area contributed by atoms with E-state index < -0.39 is 11.6 Å². The highest BCUT2D eigenvalue weighted by molar-refractivity contribution is 9.10. The number of nitrogens with one attached hydrogen (secondary N) is 1. The molecule has 0 atom stereocenters. The van der Waals surface area contributed by atoms with Crippen molar-refractivity contribution in [3.63, 3.8) is 0 Å². The average Bonchev–Trinajstić information content (AvgIpc) is 2.36. The van der Waals surface area contributed by atoms with E-state index in [1.807, 2.05) is 6.07 Å². The number of benzene rings is 1. The summed E-state index contributed by atoms with van der Waals surface area (Å²) in [6, 6.07) is 6.93. The van der Waals surface area contributed by atoms with Crippen LogP contribution in [0.25, 0.3) is 0 Å². The van der Waals surface area contributed by atoms with Crippen LogP contribution in [0.2, 0.25) is 0 Å². The molecule has 0 aliphatic carbocycles. The van der Waals surface area contributed by atoms with Gasteiger partial charge in [-0.05, 0) is 34.1 Å². The van der Waals surface area contributed by atoms with Crippen molar-refractivity contribution < 1.29 is 8.78 Å². The van der Waals surface area contributed by atoms with Gasteiger partial charge in [-0.1, -0.05) is 0 Å². The van der Waals surface area contributed by atoms with Gasteiger partial charge < -0.3 is 5.32 Å². The van der Waals surface area contributed by atoms with Gasteiger partial charge in [-0.2, -0.15) is 5.26 Å². The first-order chi connectivity index (χ1) is 8.60. The smallest absolute Gasteiger partial charge is 0.148 e. The molecular formula is C12H6BrF2N3. The van der Waals surface area contributed by atoms with Crippen LogP contribution < -0.4 is 5.32 Å². The number of nitriles is 1. The lowest BCUT2D eigenvalue weighted by Crippen LogP contribution is -1.97. The summed E-state index contributed by atoms with van der Waals surface area (Å²) in [7, 11) is 0. The van der Waals surface area contributed by atoms with Gasteiger partial charge in [0, 0.05) is 12.3 Å². The third kappa shape index (κ3) is 2.63. The minimum absolute atomic E-state index is 0.0433. The summed E-state index contributed by atoms with van der Waals surface area (Å²) >= 11 is 2.89. The van der Waals surface area contributed by atoms with Gasteiger partial charge in [-0.15, -0.1) is 0 Å². The van der Waals surface area contributed by atoms with Gasteiger partial charge in [0.25, 0.3) is 0 Å². The van der Waals surface area contributed by atoms with Gasteiger partial charge in [-0.3, -0.25) is 0 Å². The van der Waals surface area contributed by atoms with Crippen LogP contribution in [0, 0.1) is 23.0 Å². The maximum Gasteiger partial charge on any atom is 0.148 e. The summed E-state index contributed by atoms with van der Waals surface area (Å²) in [6.45, 7) is 0. The summed E-state index contributed by atoms with van der Waals surface area (Å²) in [5.74, 6) is -0.933. The maximum atomic E-state index is 13.5. The molecule has 0 amide bonds. The van der Waals surface area contributed by atoms with E-state index in [0.29, 0.717) is 5.56 Å². The SMILES string of the molecule is N#Cc1ccnc(Nc2cc(F)c(Br)cc2F)c1. The van der Waals surface area contributed by atoms with E-state index in [2.05, 4.69) is 26.2 Å². The van der Waals surface area contributed by atoms with Crippen LogP contribution in [-0.2, 0) is 0 Å². The zero-order valence-electron chi connectivity index (χ0n) is 8.92. The van der Waals surface area contributed by atoms with Crippen molar-refractivity contribution in [2.24, 2.45) is 0 Å². The molecule has 0 aliphatic heterocycles. The monoisotopic (exact) mass is 309 g/mol. The molecule has 2 rings (SSSR count). The number of nitrogens with zero attached hydrogens (tertiary/aromatic N) is 2. The quantitative estimate of drug-likeness (QED) is 0.860. The van der Waals surface area contributed by atoms with E-state index in [-0.39, 0.29) is 16.0 Å². The molecule has 18 heavy (non-hydrogen) atoms. The minimum Gasteiger partial charge on any atom is -0.338 e. The number of hydrogen-bond acceptors (Lipinski definition) is 3. The highest BCUT2D eigenvalue weighted by atomic mass is 79.9. The zero-order valence-corrected chi connectivity index (χ0v) is 10.5. The summed E-state index contributed by atoms with van der Waals surface area (Å²) in [4.78, 5) is 3.91. The number of halogens is 3. The van der Waals surface area contributed by atoms with Crippen LogP contribution in [-0.4, -0.2) is 4.98 Å². The molecule has 0 bridgehead atoms. The molecule has 90 valence electrons. The topological polar surface area (TPSA) is 48.7 Å². The number of anilines is 2. The second-order valence-electron chi connectivity index (χ2n) is 3.41. The molecule has 0 unspecified atom stereocenters. The molecule has 2 aromatic rings. The first-order valence-corrected chi connectivity index (χ1v) is 5.67. The first-order valence-electron chi connectivity index (χ1n) is 4.88. The van der Waals surface area contributed by atoms with E-state index >= 15 is 0 Å². The normalized spacial score (nSPS) is 9.89. The molecule has 0 saturated carbocycles. The lowest BCUT2D eigenvalue weighted by molar-refractivity contribution is 0.598. The van der Waals surface area contributed by atoms with Crippen molar-refractivity contribution in [2.75, 3.05) is 5.32 Å². The van der Waals surface area contributed by atoms with Crippen LogP contribution in [0.1, 0.15) is 5.56 Å². The molecular weight excluding hydrogens is 304 g/mol. The Hall–Kier alpha value is -2.00. The Kier molecular flexibility index (Phi) is 3.53. The second-order valence-corrected chi connectivity index (χ2v) is 4.27. The van der Waals surface area contributed by atoms with E-state index in [1.54, 1.807) is 0 Å². The minimum atomic E-state index is -0.618. The van der Waals surface area contributed by atoms with Gasteiger partial charge in [0.15, 0.2) is 0 Å². The summed E-state index contributed by atoms with van der Waals surface area (Å²) in [6.07, 6.45) is 1.41. The van der Waals surface area contributed by atoms with Crippen LogP contribution in [0.3, 0.4) is 0 Å². The van der Waals surface area contributed by atoms with E-state index in [0.717, 1.165) is 12.1 Å². The number of rotatable bonds is 2. The van der Waals surface area contributed by atoms with Gasteiger partial charge in [0.2, 0.25) is 0 Å². The molecule has 1 aromatic heterocycles. The lowest BCUT2D eigenvalue weighted by atomic mass is 10.2. The van der Waals surface area contributed by atoms with Crippen molar-refractivity contribution in [3.05, 3.63) is 52.1 Å². The predicted molar refractivity (Wildman–Crippen MR) is 66.3 cm³/mol. The summed E-state index contributed by atoms with van der Waals surface area (Å²) < 4.78 is 26.9. The van der Waals surface area contributed by atoms with Gasteiger partial charge in [0.1, 0.15) is 17.5 Å². The van der Waals surface area contributed by atoms with E-state index in [4.69, 9.17) is 5.26 Å². The van der Waals surface area contributed by atoms with Gasteiger partial charge in [0.05, 0.1) is 21.8 Å². The molecule has 0 fully saturated rings. The van der Waals surface area contributed by atoms with Crippen molar-refractivity contribution in [2.45, 2.75) is 0 Å². The van der Waals surface area contributed by atoms with Crippen LogP contribution in [0.4, 0.5) is 20.3 Å². The molecule has 1 N–H and O–H groups in total. The largest absolute Gasteiger partial charge is 0.338 e. The molecule has 6 heteroatoms. The fourth-order valence-corrected chi connectivity index (χ4v) is 1.64. The second kappa shape index (κ2) is 5.10. The Bertz CT molecular complexity index is 638. The zero-order chi connectivity index (χ0) is 13.1. The Balaban J connectivity index is 2.34. The van der Waals surface area contributed by atoms with Crippen LogP contribution in [0.15, 0.2) is 34.9 Å². The number of aromatic nitrogens is 1. The third-order valence-corrected chi connectivity index (χ3v) is 2.77. The molecule has 0 radical (unpaired) electrons. The number of pyridine rings is 1. The molecule has 0 aliphatic rings. The van der Waals surface area contributed by atoms with Crippen molar-refractivity contribution in [1.29, 1.82) is 5.26 Å². The molecule has 0 saturated heterocycles. The Labute approximate surface area is 110 Å². The standard InChI is InChI=1S/C12H6BrF2N3/c13-8-4-10(15)11(5-9(8)14)18-12-3-7(6-16)1-2-17-12/h1-5H,(H,17,18). The fraction of sp³-hybridized carbons (Fsp3) is 0. The Morgan fingerprint density at radius 2 is 2.00 bits per heavy atom. The first kappa shape index (κ1) is 12.5. The molecule has 1 aromatic carbocycles. The lowest BCUT2D eigenvalue weighted by Gasteiger charge is -2.07. The summed E-state index contributed by atoms with van der Waals surface area (Å²) in [5.41, 5.74) is 0.337. The van der Waals surface area contributed by atoms with Gasteiger partial charge >= 0.3 is 0 Å². The number of hydrogen-bond donors (Lipinski definition) is 1. The van der Waals surface area contributed by atoms with Crippen molar-refractivity contribution in [1.82, 2.24) is 4.98 Å². The van der Waals surface area contributed by atoms with E-state index in [9.17, 15) is 8.78 Å². The van der Waals surface area contributed by atoms with Crippen molar-refractivity contribution in [3.8, 4) is 6.07 Å². The average molecular weight is 310 g/mol. The molecule has 3 nitrogen and oxygen atoms in total. The highest BCUT2D eigenvalue weighted by Crippen LogP contribution is 2.25.